The van der Waals surface area contributed by atoms with Crippen molar-refractivity contribution in [3.8, 4) is 0 Å². The molecule has 0 spiro atoms. The maximum atomic E-state index is 12.4. The third kappa shape index (κ3) is 5.11. The average Bonchev–Trinajstić information content (AvgIpc) is 2.94. The summed E-state index contributed by atoms with van der Waals surface area (Å²) in [7, 11) is 0. The third-order valence-electron chi connectivity index (χ3n) is 4.05. The number of carbonyl (C=O) groups excluding carboxylic acids is 1. The molecule has 0 aliphatic rings. The monoisotopic (exact) mass is 330 g/mol. The van der Waals surface area contributed by atoms with Gasteiger partial charge in [0.1, 0.15) is 0 Å². The first-order valence-corrected chi connectivity index (χ1v) is 8.52. The number of rotatable bonds is 9. The fourth-order valence-corrected chi connectivity index (χ4v) is 2.92. The predicted molar refractivity (Wildman–Crippen MR) is 94.9 cm³/mol. The molecule has 1 heterocycles. The zero-order chi connectivity index (χ0) is 17.5. The Labute approximate surface area is 142 Å². The highest BCUT2D eigenvalue weighted by molar-refractivity contribution is 5.83. The van der Waals surface area contributed by atoms with Gasteiger partial charge < -0.3 is 15.0 Å². The minimum absolute atomic E-state index is 0.000901. The molecule has 0 saturated heterocycles. The second kappa shape index (κ2) is 8.52. The van der Waals surface area contributed by atoms with Gasteiger partial charge in [0, 0.05) is 36.6 Å². The normalized spacial score (nSPS) is 11.1. The number of H-pyrrole nitrogens is 1. The molecule has 5 nitrogen and oxygen atoms in total. The lowest BCUT2D eigenvalue weighted by Crippen LogP contribution is -2.35. The maximum absolute atomic E-state index is 12.4. The van der Waals surface area contributed by atoms with E-state index in [1.54, 1.807) is 4.90 Å². The Balaban J connectivity index is 1.88. The van der Waals surface area contributed by atoms with Crippen LogP contribution >= 0.6 is 0 Å². The lowest BCUT2D eigenvalue weighted by Gasteiger charge is -2.24. The Hall–Kier alpha value is -2.30. The molecule has 0 bridgehead atoms. The number of aromatic nitrogens is 1. The number of aliphatic carboxylic acids is 1. The van der Waals surface area contributed by atoms with Crippen molar-refractivity contribution in [1.82, 2.24) is 9.88 Å². The number of carboxylic acids is 1. The van der Waals surface area contributed by atoms with E-state index < -0.39 is 5.97 Å². The van der Waals surface area contributed by atoms with Crippen molar-refractivity contribution < 1.29 is 14.7 Å². The highest BCUT2D eigenvalue weighted by atomic mass is 16.4. The van der Waals surface area contributed by atoms with Gasteiger partial charge in [0.2, 0.25) is 5.91 Å². The minimum atomic E-state index is -0.865. The van der Waals surface area contributed by atoms with Crippen molar-refractivity contribution in [2.75, 3.05) is 13.1 Å². The number of benzene rings is 1. The summed E-state index contributed by atoms with van der Waals surface area (Å²) < 4.78 is 0. The second-order valence-corrected chi connectivity index (χ2v) is 6.59. The number of aryl methyl sites for hydroxylation is 1. The largest absolute Gasteiger partial charge is 0.481 e. The number of para-hydroxylation sites is 1. The van der Waals surface area contributed by atoms with Crippen molar-refractivity contribution in [2.24, 2.45) is 5.92 Å². The first-order chi connectivity index (χ1) is 11.5. The van der Waals surface area contributed by atoms with Crippen molar-refractivity contribution in [3.05, 3.63) is 36.0 Å². The van der Waals surface area contributed by atoms with Gasteiger partial charge in [-0.3, -0.25) is 9.59 Å². The number of nitrogens with one attached hydrogen (secondary N) is 1. The quantitative estimate of drug-likeness (QED) is 0.739. The molecule has 1 amide bonds. The molecular formula is C19H26N2O3. The highest BCUT2D eigenvalue weighted by Crippen LogP contribution is 2.19. The molecule has 2 N–H and O–H groups in total. The first-order valence-electron chi connectivity index (χ1n) is 8.52. The van der Waals surface area contributed by atoms with Gasteiger partial charge in [-0.05, 0) is 30.4 Å². The van der Waals surface area contributed by atoms with Crippen LogP contribution in [0.2, 0.25) is 0 Å². The molecule has 0 unspecified atom stereocenters. The van der Waals surface area contributed by atoms with Crippen LogP contribution in [-0.2, 0) is 16.0 Å². The Morgan fingerprint density at radius 2 is 1.96 bits per heavy atom. The van der Waals surface area contributed by atoms with Crippen LogP contribution in [0, 0.1) is 5.92 Å². The highest BCUT2D eigenvalue weighted by Gasteiger charge is 2.16. The van der Waals surface area contributed by atoms with E-state index in [0.717, 1.165) is 18.4 Å². The number of fused-ring (bicyclic) bond motifs is 1. The summed E-state index contributed by atoms with van der Waals surface area (Å²) in [5, 5.41) is 10.0. The number of carbonyl (C=O) groups is 2. The van der Waals surface area contributed by atoms with Crippen LogP contribution in [0.3, 0.4) is 0 Å². The summed E-state index contributed by atoms with van der Waals surface area (Å²) in [5.41, 5.74) is 2.33. The smallest absolute Gasteiger partial charge is 0.305 e. The number of nitrogens with zero attached hydrogens (tertiary/aromatic N) is 1. The van der Waals surface area contributed by atoms with Crippen LogP contribution in [0.25, 0.3) is 10.9 Å². The van der Waals surface area contributed by atoms with Gasteiger partial charge in [-0.2, -0.15) is 0 Å². The summed E-state index contributed by atoms with van der Waals surface area (Å²) in [6.07, 6.45) is 4.06. The summed E-state index contributed by atoms with van der Waals surface area (Å²) in [6.45, 7) is 4.97. The van der Waals surface area contributed by atoms with E-state index in [1.165, 1.54) is 10.9 Å². The molecule has 130 valence electrons. The maximum Gasteiger partial charge on any atom is 0.305 e. The van der Waals surface area contributed by atoms with Crippen LogP contribution < -0.4 is 0 Å². The lowest BCUT2D eigenvalue weighted by atomic mass is 10.1. The summed E-state index contributed by atoms with van der Waals surface area (Å²) in [6, 6.07) is 8.14. The van der Waals surface area contributed by atoms with E-state index >= 15 is 0 Å². The zero-order valence-corrected chi connectivity index (χ0v) is 14.4. The van der Waals surface area contributed by atoms with Crippen LogP contribution in [0.1, 0.15) is 38.7 Å². The minimum Gasteiger partial charge on any atom is -0.481 e. The number of hydrogen-bond donors (Lipinski definition) is 2. The molecule has 0 atom stereocenters. The summed E-state index contributed by atoms with van der Waals surface area (Å²) in [5.74, 6) is -0.489. The van der Waals surface area contributed by atoms with Gasteiger partial charge in [0.15, 0.2) is 0 Å². The standard InChI is InChI=1S/C19H26N2O3/c1-14(2)13-21(11-10-19(23)24)18(22)9-5-6-15-12-20-17-8-4-3-7-16(15)17/h3-4,7-8,12,14,20H,5-6,9-11,13H2,1-2H3,(H,23,24). The first kappa shape index (κ1) is 18.0. The fourth-order valence-electron chi connectivity index (χ4n) is 2.92. The van der Waals surface area contributed by atoms with Crippen molar-refractivity contribution >= 4 is 22.8 Å². The Morgan fingerprint density at radius 3 is 2.67 bits per heavy atom. The lowest BCUT2D eigenvalue weighted by molar-refractivity contribution is -0.138. The topological polar surface area (TPSA) is 73.4 Å². The van der Waals surface area contributed by atoms with Gasteiger partial charge in [-0.15, -0.1) is 0 Å². The zero-order valence-electron chi connectivity index (χ0n) is 14.4. The number of hydrogen-bond acceptors (Lipinski definition) is 2. The van der Waals surface area contributed by atoms with E-state index in [-0.39, 0.29) is 12.3 Å². The van der Waals surface area contributed by atoms with Crippen LogP contribution in [0.15, 0.2) is 30.5 Å². The Bertz CT molecular complexity index is 691. The van der Waals surface area contributed by atoms with Gasteiger partial charge in [0.05, 0.1) is 6.42 Å². The second-order valence-electron chi connectivity index (χ2n) is 6.59. The third-order valence-corrected chi connectivity index (χ3v) is 4.05. The van der Waals surface area contributed by atoms with Crippen LogP contribution in [0.4, 0.5) is 0 Å². The molecule has 1 aromatic heterocycles. The summed E-state index contributed by atoms with van der Waals surface area (Å²) in [4.78, 5) is 28.1. The van der Waals surface area contributed by atoms with Gasteiger partial charge in [-0.1, -0.05) is 32.0 Å². The van der Waals surface area contributed by atoms with E-state index in [2.05, 4.69) is 11.1 Å². The van der Waals surface area contributed by atoms with Crippen LogP contribution in [-0.4, -0.2) is 40.0 Å². The van der Waals surface area contributed by atoms with Crippen molar-refractivity contribution in [3.63, 3.8) is 0 Å². The SMILES string of the molecule is CC(C)CN(CCC(=O)O)C(=O)CCCc1c[nH]c2ccccc12. The molecule has 2 rings (SSSR count). The average molecular weight is 330 g/mol. The molecule has 0 fully saturated rings. The van der Waals surface area contributed by atoms with Crippen molar-refractivity contribution in [1.29, 1.82) is 0 Å². The fraction of sp³-hybridized carbons (Fsp3) is 0.474. The van der Waals surface area contributed by atoms with Crippen molar-refractivity contribution in [2.45, 2.75) is 39.5 Å². The van der Waals surface area contributed by atoms with Gasteiger partial charge in [0.25, 0.3) is 0 Å². The molecule has 5 heteroatoms. The molecule has 0 saturated carbocycles. The summed E-state index contributed by atoms with van der Waals surface area (Å²) >= 11 is 0. The molecule has 1 aromatic carbocycles. The molecule has 2 aromatic rings. The number of amides is 1. The molecule has 24 heavy (non-hydrogen) atoms. The van der Waals surface area contributed by atoms with Crippen LogP contribution in [0.5, 0.6) is 0 Å². The molecule has 0 radical (unpaired) electrons. The van der Waals surface area contributed by atoms with Gasteiger partial charge >= 0.3 is 5.97 Å². The van der Waals surface area contributed by atoms with E-state index in [0.29, 0.717) is 25.4 Å². The Morgan fingerprint density at radius 1 is 1.21 bits per heavy atom. The van der Waals surface area contributed by atoms with E-state index in [4.69, 9.17) is 5.11 Å². The predicted octanol–water partition coefficient (Wildman–Crippen LogP) is 3.45. The van der Waals surface area contributed by atoms with E-state index in [1.807, 2.05) is 38.2 Å². The Kier molecular flexibility index (Phi) is 6.41. The van der Waals surface area contributed by atoms with Gasteiger partial charge in [-0.25, -0.2) is 0 Å². The number of carboxylic acid groups (broad SMARTS) is 1. The molecular weight excluding hydrogens is 304 g/mol. The molecule has 0 aliphatic heterocycles. The number of aromatic amines is 1. The van der Waals surface area contributed by atoms with E-state index in [9.17, 15) is 9.59 Å². The molecule has 0 aliphatic carbocycles.